The van der Waals surface area contributed by atoms with E-state index < -0.39 is 6.04 Å². The van der Waals surface area contributed by atoms with Gasteiger partial charge in [-0.1, -0.05) is 13.0 Å². The van der Waals surface area contributed by atoms with Crippen LogP contribution in [0.3, 0.4) is 0 Å². The van der Waals surface area contributed by atoms with Crippen molar-refractivity contribution in [2.75, 3.05) is 26.7 Å². The lowest BCUT2D eigenvalue weighted by Gasteiger charge is -2.15. The van der Waals surface area contributed by atoms with Gasteiger partial charge in [0.2, 0.25) is 5.91 Å². The molecule has 0 saturated heterocycles. The molecule has 5 heteroatoms. The number of nitrogens with zero attached hydrogens (tertiary/aromatic N) is 1. The summed E-state index contributed by atoms with van der Waals surface area (Å²) in [5.74, 6) is -0.105. The Bertz CT molecular complexity index is 313. The van der Waals surface area contributed by atoms with Crippen molar-refractivity contribution in [1.29, 1.82) is 0 Å². The lowest BCUT2D eigenvalue weighted by atomic mass is 10.2. The molecule has 1 amide bonds. The highest BCUT2D eigenvalue weighted by molar-refractivity contribution is 7.10. The number of nitrogens with one attached hydrogen (secondary N) is 1. The zero-order chi connectivity index (χ0) is 12.0. The Hall–Kier alpha value is -0.910. The fourth-order valence-corrected chi connectivity index (χ4v) is 1.96. The third kappa shape index (κ3) is 3.92. The summed E-state index contributed by atoms with van der Waals surface area (Å²) in [7, 11) is 2.02. The molecule has 0 fully saturated rings. The molecule has 1 heterocycles. The molecule has 4 nitrogen and oxygen atoms in total. The summed E-state index contributed by atoms with van der Waals surface area (Å²) in [6.45, 7) is 4.55. The Balaban J connectivity index is 2.30. The standard InChI is InChI=1S/C11H19N3OS/c1-3-14(2)7-6-13-11(15)10(12)9-5-4-8-16-9/h4-5,8,10H,3,6-7,12H2,1-2H3,(H,13,15). The fourth-order valence-electron chi connectivity index (χ4n) is 1.24. The molecule has 0 bridgehead atoms. The average molecular weight is 241 g/mol. The summed E-state index contributed by atoms with van der Waals surface area (Å²) >= 11 is 1.51. The zero-order valence-corrected chi connectivity index (χ0v) is 10.6. The lowest BCUT2D eigenvalue weighted by Crippen LogP contribution is -2.38. The Morgan fingerprint density at radius 1 is 1.69 bits per heavy atom. The second kappa shape index (κ2) is 6.62. The van der Waals surface area contributed by atoms with E-state index in [0.717, 1.165) is 18.0 Å². The summed E-state index contributed by atoms with van der Waals surface area (Å²) in [5, 5.41) is 4.76. The summed E-state index contributed by atoms with van der Waals surface area (Å²) in [5.41, 5.74) is 5.82. The Morgan fingerprint density at radius 2 is 2.44 bits per heavy atom. The minimum absolute atomic E-state index is 0.105. The van der Waals surface area contributed by atoms with Crippen LogP contribution in [0.1, 0.15) is 17.8 Å². The smallest absolute Gasteiger partial charge is 0.242 e. The molecule has 0 aliphatic carbocycles. The van der Waals surface area contributed by atoms with Gasteiger partial charge in [0.15, 0.2) is 0 Å². The number of amides is 1. The molecule has 0 radical (unpaired) electrons. The van der Waals surface area contributed by atoms with Gasteiger partial charge in [0.25, 0.3) is 0 Å². The Labute approximate surface area is 100 Å². The van der Waals surface area contributed by atoms with E-state index in [1.54, 1.807) is 0 Å². The van der Waals surface area contributed by atoms with Crippen molar-refractivity contribution in [2.24, 2.45) is 5.73 Å². The Kier molecular flexibility index (Phi) is 5.45. The van der Waals surface area contributed by atoms with Crippen LogP contribution >= 0.6 is 11.3 Å². The molecule has 1 rings (SSSR count). The van der Waals surface area contributed by atoms with Crippen molar-refractivity contribution < 1.29 is 4.79 Å². The molecule has 1 atom stereocenters. The van der Waals surface area contributed by atoms with Gasteiger partial charge in [-0.2, -0.15) is 0 Å². The first-order valence-corrected chi connectivity index (χ1v) is 6.28. The SMILES string of the molecule is CCN(C)CCNC(=O)C(N)c1cccs1. The molecule has 3 N–H and O–H groups in total. The van der Waals surface area contributed by atoms with E-state index in [-0.39, 0.29) is 5.91 Å². The summed E-state index contributed by atoms with van der Waals surface area (Å²) in [6.07, 6.45) is 0. The average Bonchev–Trinajstić information content (AvgIpc) is 2.81. The van der Waals surface area contributed by atoms with Crippen molar-refractivity contribution in [3.8, 4) is 0 Å². The van der Waals surface area contributed by atoms with Crippen LogP contribution in [0.4, 0.5) is 0 Å². The molecule has 90 valence electrons. The monoisotopic (exact) mass is 241 g/mol. The van der Waals surface area contributed by atoms with E-state index in [1.165, 1.54) is 11.3 Å². The molecule has 16 heavy (non-hydrogen) atoms. The van der Waals surface area contributed by atoms with Gasteiger partial charge in [-0.15, -0.1) is 11.3 Å². The first kappa shape index (κ1) is 13.2. The highest BCUT2D eigenvalue weighted by atomic mass is 32.1. The van der Waals surface area contributed by atoms with Crippen LogP contribution in [0.2, 0.25) is 0 Å². The van der Waals surface area contributed by atoms with E-state index in [4.69, 9.17) is 5.73 Å². The highest BCUT2D eigenvalue weighted by Gasteiger charge is 2.15. The van der Waals surface area contributed by atoms with Crippen LogP contribution in [-0.4, -0.2) is 37.5 Å². The van der Waals surface area contributed by atoms with E-state index in [1.807, 2.05) is 24.6 Å². The summed E-state index contributed by atoms with van der Waals surface area (Å²) in [4.78, 5) is 14.7. The normalized spacial score (nSPS) is 12.8. The van der Waals surface area contributed by atoms with E-state index in [9.17, 15) is 4.79 Å². The van der Waals surface area contributed by atoms with E-state index >= 15 is 0 Å². The topological polar surface area (TPSA) is 58.4 Å². The number of hydrogen-bond donors (Lipinski definition) is 2. The van der Waals surface area contributed by atoms with Crippen LogP contribution in [-0.2, 0) is 4.79 Å². The third-order valence-corrected chi connectivity index (χ3v) is 3.42. The van der Waals surface area contributed by atoms with Gasteiger partial charge in [-0.05, 0) is 25.0 Å². The lowest BCUT2D eigenvalue weighted by molar-refractivity contribution is -0.122. The van der Waals surface area contributed by atoms with Crippen LogP contribution in [0.25, 0.3) is 0 Å². The van der Waals surface area contributed by atoms with Gasteiger partial charge < -0.3 is 16.0 Å². The van der Waals surface area contributed by atoms with Gasteiger partial charge in [-0.25, -0.2) is 0 Å². The molecule has 0 spiro atoms. The third-order valence-electron chi connectivity index (χ3n) is 2.46. The van der Waals surface area contributed by atoms with E-state index in [0.29, 0.717) is 6.54 Å². The summed E-state index contributed by atoms with van der Waals surface area (Å²) < 4.78 is 0. The maximum Gasteiger partial charge on any atom is 0.242 e. The molecule has 0 saturated carbocycles. The minimum atomic E-state index is -0.535. The van der Waals surface area contributed by atoms with Crippen molar-refractivity contribution >= 4 is 17.2 Å². The number of rotatable bonds is 6. The largest absolute Gasteiger partial charge is 0.353 e. The van der Waals surface area contributed by atoms with Crippen molar-refractivity contribution in [3.05, 3.63) is 22.4 Å². The van der Waals surface area contributed by atoms with Crippen LogP contribution in [0.15, 0.2) is 17.5 Å². The number of carbonyl (C=O) groups excluding carboxylic acids is 1. The molecular formula is C11H19N3OS. The van der Waals surface area contributed by atoms with Gasteiger partial charge in [0, 0.05) is 18.0 Å². The highest BCUT2D eigenvalue weighted by Crippen LogP contribution is 2.16. The van der Waals surface area contributed by atoms with Gasteiger partial charge in [0.1, 0.15) is 6.04 Å². The predicted molar refractivity (Wildman–Crippen MR) is 67.4 cm³/mol. The fraction of sp³-hybridized carbons (Fsp3) is 0.545. The first-order chi connectivity index (χ1) is 7.65. The van der Waals surface area contributed by atoms with Crippen LogP contribution < -0.4 is 11.1 Å². The molecule has 1 aromatic rings. The van der Waals surface area contributed by atoms with Crippen molar-refractivity contribution in [2.45, 2.75) is 13.0 Å². The zero-order valence-electron chi connectivity index (χ0n) is 9.77. The number of thiophene rings is 1. The number of hydrogen-bond acceptors (Lipinski definition) is 4. The predicted octanol–water partition coefficient (Wildman–Crippen LogP) is 0.816. The van der Waals surface area contributed by atoms with E-state index in [2.05, 4.69) is 17.1 Å². The van der Waals surface area contributed by atoms with Gasteiger partial charge in [0.05, 0.1) is 0 Å². The minimum Gasteiger partial charge on any atom is -0.353 e. The van der Waals surface area contributed by atoms with Crippen LogP contribution in [0.5, 0.6) is 0 Å². The second-order valence-corrected chi connectivity index (χ2v) is 4.66. The molecule has 0 aliphatic heterocycles. The van der Waals surface area contributed by atoms with Crippen molar-refractivity contribution in [3.63, 3.8) is 0 Å². The Morgan fingerprint density at radius 3 is 3.00 bits per heavy atom. The summed E-state index contributed by atoms with van der Waals surface area (Å²) in [6, 6.07) is 3.25. The molecule has 0 aliphatic rings. The maximum atomic E-state index is 11.7. The molecular weight excluding hydrogens is 222 g/mol. The van der Waals surface area contributed by atoms with Crippen LogP contribution in [0, 0.1) is 0 Å². The second-order valence-electron chi connectivity index (χ2n) is 3.68. The number of carbonyl (C=O) groups is 1. The quantitative estimate of drug-likeness (QED) is 0.775. The molecule has 0 aromatic carbocycles. The first-order valence-electron chi connectivity index (χ1n) is 5.40. The number of nitrogens with two attached hydrogens (primary N) is 1. The maximum absolute atomic E-state index is 11.7. The van der Waals surface area contributed by atoms with Gasteiger partial charge in [-0.3, -0.25) is 4.79 Å². The van der Waals surface area contributed by atoms with Crippen molar-refractivity contribution in [1.82, 2.24) is 10.2 Å². The number of likely N-dealkylation sites (N-methyl/N-ethyl adjacent to an activating group) is 1. The van der Waals surface area contributed by atoms with Gasteiger partial charge >= 0.3 is 0 Å². The molecule has 1 unspecified atom stereocenters. The molecule has 1 aromatic heterocycles.